The van der Waals surface area contributed by atoms with Crippen molar-refractivity contribution in [1.29, 1.82) is 0 Å². The number of rotatable bonds is 10. The molecule has 0 radical (unpaired) electrons. The molecule has 0 aliphatic rings. The lowest BCUT2D eigenvalue weighted by Crippen LogP contribution is -2.19. The van der Waals surface area contributed by atoms with Gasteiger partial charge in [0.15, 0.2) is 0 Å². The monoisotopic (exact) mass is 428 g/mol. The van der Waals surface area contributed by atoms with Gasteiger partial charge in [0.05, 0.1) is 6.61 Å². The Morgan fingerprint density at radius 1 is 1.17 bits per heavy atom. The lowest BCUT2D eigenvalue weighted by Gasteiger charge is -2.14. The lowest BCUT2D eigenvalue weighted by atomic mass is 10.2. The number of nitrogens with one attached hydrogen (secondary N) is 1. The second kappa shape index (κ2) is 10.2. The summed E-state index contributed by atoms with van der Waals surface area (Å²) in [6.07, 6.45) is 1.62. The summed E-state index contributed by atoms with van der Waals surface area (Å²) in [4.78, 5) is 19.6. The Kier molecular flexibility index (Phi) is 7.45. The van der Waals surface area contributed by atoms with Gasteiger partial charge in [0.2, 0.25) is 17.1 Å². The van der Waals surface area contributed by atoms with Crippen molar-refractivity contribution in [3.63, 3.8) is 0 Å². The van der Waals surface area contributed by atoms with E-state index in [1.54, 1.807) is 11.0 Å². The molecule has 0 aliphatic heterocycles. The first-order valence-electron chi connectivity index (χ1n) is 9.83. The summed E-state index contributed by atoms with van der Waals surface area (Å²) in [5.41, 5.74) is 1.12. The normalized spacial score (nSPS) is 11.0. The second-order valence-electron chi connectivity index (χ2n) is 7.36. The first-order valence-corrected chi connectivity index (χ1v) is 10.8. The van der Waals surface area contributed by atoms with Gasteiger partial charge < -0.3 is 15.0 Å². The SMILES string of the molecule is Cc1ccccc1OCCSc1ncn(-c2nc(NCC(C)C)nc(N(C)C)n2)n1. The first-order chi connectivity index (χ1) is 14.4. The van der Waals surface area contributed by atoms with E-state index in [1.807, 2.05) is 50.2 Å². The van der Waals surface area contributed by atoms with Crippen molar-refractivity contribution < 1.29 is 4.74 Å². The van der Waals surface area contributed by atoms with Gasteiger partial charge in [-0.1, -0.05) is 43.8 Å². The molecule has 3 aromatic rings. The number of ether oxygens (including phenoxy) is 1. The van der Waals surface area contributed by atoms with Crippen molar-refractivity contribution >= 4 is 23.7 Å². The van der Waals surface area contributed by atoms with E-state index in [9.17, 15) is 0 Å². The van der Waals surface area contributed by atoms with Crippen molar-refractivity contribution in [1.82, 2.24) is 29.7 Å². The van der Waals surface area contributed by atoms with Crippen molar-refractivity contribution in [2.24, 2.45) is 5.92 Å². The maximum absolute atomic E-state index is 5.82. The minimum atomic E-state index is 0.426. The zero-order valence-corrected chi connectivity index (χ0v) is 18.8. The maximum atomic E-state index is 5.82. The fraction of sp³-hybridized carbons (Fsp3) is 0.450. The summed E-state index contributed by atoms with van der Waals surface area (Å²) in [6, 6.07) is 7.98. The number of benzene rings is 1. The van der Waals surface area contributed by atoms with Crippen LogP contribution in [0.2, 0.25) is 0 Å². The minimum Gasteiger partial charge on any atom is -0.492 e. The summed E-state index contributed by atoms with van der Waals surface area (Å²) >= 11 is 1.52. The van der Waals surface area contributed by atoms with E-state index in [1.165, 1.54) is 11.8 Å². The van der Waals surface area contributed by atoms with Crippen molar-refractivity contribution in [2.45, 2.75) is 25.9 Å². The van der Waals surface area contributed by atoms with Gasteiger partial charge in [-0.3, -0.25) is 0 Å². The standard InChI is InChI=1S/C20H28N8OS/c1-14(2)12-21-17-23-18(27(4)5)25-19(24-17)28-13-22-20(26-28)30-11-10-29-16-9-7-6-8-15(16)3/h6-9,13-14H,10-12H2,1-5H3,(H,21,23,24,25). The van der Waals surface area contributed by atoms with Crippen LogP contribution in [0.25, 0.3) is 5.95 Å². The summed E-state index contributed by atoms with van der Waals surface area (Å²) in [7, 11) is 3.78. The Balaban J connectivity index is 1.63. The van der Waals surface area contributed by atoms with Crippen LogP contribution in [-0.2, 0) is 0 Å². The molecule has 0 saturated carbocycles. The van der Waals surface area contributed by atoms with E-state index in [0.717, 1.165) is 23.6 Å². The third-order valence-corrected chi connectivity index (χ3v) is 4.84. The molecule has 2 aromatic heterocycles. The molecule has 1 aromatic carbocycles. The average molecular weight is 429 g/mol. The summed E-state index contributed by atoms with van der Waals surface area (Å²) in [5.74, 6) is 3.62. The van der Waals surface area contributed by atoms with Crippen LogP contribution < -0.4 is 15.0 Å². The van der Waals surface area contributed by atoms with Crippen molar-refractivity contribution in [3.8, 4) is 11.7 Å². The predicted molar refractivity (Wildman–Crippen MR) is 120 cm³/mol. The molecule has 0 spiro atoms. The maximum Gasteiger partial charge on any atom is 0.258 e. The van der Waals surface area contributed by atoms with Crippen LogP contribution >= 0.6 is 11.8 Å². The second-order valence-corrected chi connectivity index (χ2v) is 8.42. The topological polar surface area (TPSA) is 93.9 Å². The lowest BCUT2D eigenvalue weighted by molar-refractivity contribution is 0.341. The number of aromatic nitrogens is 6. The van der Waals surface area contributed by atoms with E-state index in [0.29, 0.717) is 35.5 Å². The quantitative estimate of drug-likeness (QED) is 0.386. The van der Waals surface area contributed by atoms with Crippen LogP contribution in [0.3, 0.4) is 0 Å². The van der Waals surface area contributed by atoms with Crippen LogP contribution in [0, 0.1) is 12.8 Å². The van der Waals surface area contributed by atoms with E-state index in [-0.39, 0.29) is 0 Å². The number of anilines is 2. The Labute approximate surface area is 181 Å². The Morgan fingerprint density at radius 2 is 1.97 bits per heavy atom. The highest BCUT2D eigenvalue weighted by Crippen LogP contribution is 2.18. The van der Waals surface area contributed by atoms with Crippen LogP contribution in [0.1, 0.15) is 19.4 Å². The van der Waals surface area contributed by atoms with Crippen LogP contribution in [0.5, 0.6) is 5.75 Å². The smallest absolute Gasteiger partial charge is 0.258 e. The molecule has 0 saturated heterocycles. The Morgan fingerprint density at radius 3 is 2.70 bits per heavy atom. The van der Waals surface area contributed by atoms with Gasteiger partial charge >= 0.3 is 0 Å². The van der Waals surface area contributed by atoms with E-state index in [4.69, 9.17) is 4.74 Å². The van der Waals surface area contributed by atoms with Gasteiger partial charge in [0, 0.05) is 26.4 Å². The Bertz CT molecular complexity index is 959. The number of thioether (sulfide) groups is 1. The molecule has 0 bridgehead atoms. The van der Waals surface area contributed by atoms with Gasteiger partial charge in [-0.2, -0.15) is 19.6 Å². The Hall–Kier alpha value is -2.88. The fourth-order valence-corrected chi connectivity index (χ4v) is 3.06. The van der Waals surface area contributed by atoms with Crippen LogP contribution in [-0.4, -0.2) is 62.7 Å². The van der Waals surface area contributed by atoms with Gasteiger partial charge in [0.1, 0.15) is 12.1 Å². The molecule has 10 heteroatoms. The molecule has 30 heavy (non-hydrogen) atoms. The molecule has 0 fully saturated rings. The third kappa shape index (κ3) is 6.06. The summed E-state index contributed by atoms with van der Waals surface area (Å²) in [5, 5.41) is 8.38. The predicted octanol–water partition coefficient (Wildman–Crippen LogP) is 3.07. The molecule has 3 rings (SSSR count). The molecule has 0 aliphatic carbocycles. The molecular weight excluding hydrogens is 400 g/mol. The number of hydrogen-bond donors (Lipinski definition) is 1. The highest BCUT2D eigenvalue weighted by Gasteiger charge is 2.12. The molecule has 0 amide bonds. The highest BCUT2D eigenvalue weighted by molar-refractivity contribution is 7.99. The van der Waals surface area contributed by atoms with Gasteiger partial charge in [0.25, 0.3) is 5.95 Å². The summed E-state index contributed by atoms with van der Waals surface area (Å²) in [6.45, 7) is 7.64. The highest BCUT2D eigenvalue weighted by atomic mass is 32.2. The van der Waals surface area contributed by atoms with Crippen LogP contribution in [0.15, 0.2) is 35.7 Å². The van der Waals surface area contributed by atoms with Crippen molar-refractivity contribution in [3.05, 3.63) is 36.2 Å². The van der Waals surface area contributed by atoms with Crippen molar-refractivity contribution in [2.75, 3.05) is 43.2 Å². The molecule has 9 nitrogen and oxygen atoms in total. The molecule has 2 heterocycles. The molecular formula is C20H28N8OS. The summed E-state index contributed by atoms with van der Waals surface area (Å²) < 4.78 is 7.39. The van der Waals surface area contributed by atoms with Gasteiger partial charge in [-0.15, -0.1) is 5.10 Å². The zero-order chi connectivity index (χ0) is 21.5. The zero-order valence-electron chi connectivity index (χ0n) is 18.0. The van der Waals surface area contributed by atoms with Crippen LogP contribution in [0.4, 0.5) is 11.9 Å². The van der Waals surface area contributed by atoms with E-state index >= 15 is 0 Å². The molecule has 160 valence electrons. The number of nitrogens with zero attached hydrogens (tertiary/aromatic N) is 7. The fourth-order valence-electron chi connectivity index (χ4n) is 2.44. The molecule has 0 atom stereocenters. The van der Waals surface area contributed by atoms with Gasteiger partial charge in [-0.05, 0) is 24.5 Å². The average Bonchev–Trinajstić information content (AvgIpc) is 3.19. The minimum absolute atomic E-state index is 0.426. The number of aryl methyl sites for hydroxylation is 1. The van der Waals surface area contributed by atoms with E-state index < -0.39 is 0 Å². The number of para-hydroxylation sites is 1. The first kappa shape index (κ1) is 21.8. The molecule has 1 N–H and O–H groups in total. The largest absolute Gasteiger partial charge is 0.492 e. The third-order valence-electron chi connectivity index (χ3n) is 4.02. The number of hydrogen-bond acceptors (Lipinski definition) is 9. The molecule has 0 unspecified atom stereocenters. The van der Waals surface area contributed by atoms with Gasteiger partial charge in [-0.25, -0.2) is 4.98 Å². The van der Waals surface area contributed by atoms with E-state index in [2.05, 4.69) is 44.2 Å².